The maximum Gasteiger partial charge on any atom is -0.000683 e. The lowest BCUT2D eigenvalue weighted by molar-refractivity contribution is 1.27. The van der Waals surface area contributed by atoms with E-state index in [0.717, 1.165) is 6.42 Å². The molecule has 0 nitrogen and oxygen atoms in total. The first-order chi connectivity index (χ1) is 23.3. The molecule has 1 aliphatic rings. The van der Waals surface area contributed by atoms with Crippen LogP contribution in [0, 0.1) is 0 Å². The molecule has 0 spiro atoms. The minimum atomic E-state index is 0.928. The van der Waals surface area contributed by atoms with E-state index in [0.29, 0.717) is 0 Å². The monoisotopic (exact) mass is 594 g/mol. The average molecular weight is 595 g/mol. The van der Waals surface area contributed by atoms with Crippen molar-refractivity contribution in [3.8, 4) is 44.5 Å². The largest absolute Gasteiger partial charge is 0.0622 e. The highest BCUT2D eigenvalue weighted by atomic mass is 14.3. The van der Waals surface area contributed by atoms with Crippen molar-refractivity contribution in [2.24, 2.45) is 0 Å². The van der Waals surface area contributed by atoms with Crippen molar-refractivity contribution in [3.05, 3.63) is 181 Å². The maximum atomic E-state index is 2.48. The lowest BCUT2D eigenvalue weighted by Gasteiger charge is -2.19. The number of hydrogen-bond donors (Lipinski definition) is 0. The summed E-state index contributed by atoms with van der Waals surface area (Å²) in [6, 6.07) is 62.8. The van der Waals surface area contributed by atoms with Crippen molar-refractivity contribution in [3.63, 3.8) is 0 Å². The molecule has 0 aliphatic heterocycles. The molecule has 0 heteroatoms. The second-order valence-corrected chi connectivity index (χ2v) is 12.8. The van der Waals surface area contributed by atoms with E-state index in [1.54, 1.807) is 0 Å². The standard InChI is InChI=1S/C47H30/c1-2-13-31(14-3-1)43-28-32-16-5-7-19-36(32)46-37-26-25-33(27-34(37)29-44(43)46)45-39-20-8-10-22-41(39)47(42-23-11-9-21-40(42)45)38-24-12-17-30-15-4-6-18-35(30)38/h1-28H,29H2. The first kappa shape index (κ1) is 26.3. The van der Waals surface area contributed by atoms with Gasteiger partial charge in [0.25, 0.3) is 0 Å². The molecule has 218 valence electrons. The van der Waals surface area contributed by atoms with E-state index in [2.05, 4.69) is 170 Å². The molecule has 0 saturated heterocycles. The molecule has 0 amide bonds. The van der Waals surface area contributed by atoms with E-state index < -0.39 is 0 Å². The normalized spacial score (nSPS) is 12.2. The summed E-state index contributed by atoms with van der Waals surface area (Å²) in [7, 11) is 0. The van der Waals surface area contributed by atoms with Gasteiger partial charge in [-0.3, -0.25) is 0 Å². The van der Waals surface area contributed by atoms with E-state index in [-0.39, 0.29) is 0 Å². The first-order valence-electron chi connectivity index (χ1n) is 16.5. The highest BCUT2D eigenvalue weighted by Crippen LogP contribution is 2.49. The second kappa shape index (κ2) is 10.3. The van der Waals surface area contributed by atoms with Gasteiger partial charge in [-0.2, -0.15) is 0 Å². The van der Waals surface area contributed by atoms with Gasteiger partial charge in [0.2, 0.25) is 0 Å². The van der Waals surface area contributed by atoms with Crippen molar-refractivity contribution >= 4 is 43.1 Å². The summed E-state index contributed by atoms with van der Waals surface area (Å²) in [4.78, 5) is 0. The summed E-state index contributed by atoms with van der Waals surface area (Å²) < 4.78 is 0. The lowest BCUT2D eigenvalue weighted by atomic mass is 9.84. The topological polar surface area (TPSA) is 0 Å². The Labute approximate surface area is 274 Å². The Kier molecular flexibility index (Phi) is 5.74. The van der Waals surface area contributed by atoms with E-state index in [9.17, 15) is 0 Å². The van der Waals surface area contributed by atoms with Gasteiger partial charge in [0.05, 0.1) is 0 Å². The summed E-state index contributed by atoms with van der Waals surface area (Å²) in [5, 5.41) is 10.3. The van der Waals surface area contributed by atoms with Gasteiger partial charge in [0.1, 0.15) is 0 Å². The van der Waals surface area contributed by atoms with Gasteiger partial charge in [0, 0.05) is 0 Å². The molecule has 9 aromatic rings. The summed E-state index contributed by atoms with van der Waals surface area (Å²) in [5.41, 5.74) is 13.4. The van der Waals surface area contributed by atoms with Crippen LogP contribution < -0.4 is 0 Å². The predicted octanol–water partition coefficient (Wildman–Crippen LogP) is 12.9. The van der Waals surface area contributed by atoms with Crippen LogP contribution in [-0.2, 0) is 6.42 Å². The average Bonchev–Trinajstić information content (AvgIpc) is 3.53. The Bertz CT molecular complexity index is 2630. The van der Waals surface area contributed by atoms with Gasteiger partial charge >= 0.3 is 0 Å². The zero-order valence-corrected chi connectivity index (χ0v) is 25.9. The van der Waals surface area contributed by atoms with Crippen molar-refractivity contribution in [2.45, 2.75) is 6.42 Å². The Balaban J connectivity index is 1.23. The quantitative estimate of drug-likeness (QED) is 0.179. The molecular formula is C47H30. The number of rotatable bonds is 3. The molecule has 0 atom stereocenters. The van der Waals surface area contributed by atoms with Gasteiger partial charge in [-0.25, -0.2) is 0 Å². The van der Waals surface area contributed by atoms with Gasteiger partial charge in [-0.15, -0.1) is 0 Å². The summed E-state index contributed by atoms with van der Waals surface area (Å²) in [6.07, 6.45) is 0.928. The van der Waals surface area contributed by atoms with Crippen molar-refractivity contribution in [1.82, 2.24) is 0 Å². The molecule has 9 aromatic carbocycles. The van der Waals surface area contributed by atoms with E-state index in [4.69, 9.17) is 0 Å². The van der Waals surface area contributed by atoms with Crippen molar-refractivity contribution < 1.29 is 0 Å². The number of hydrogen-bond acceptors (Lipinski definition) is 0. The SMILES string of the molecule is c1ccc(-c2cc3ccccc3c3c2Cc2cc(-c4c5ccccc5c(-c5cccc6ccccc56)c5ccccc45)ccc2-3)cc1. The van der Waals surface area contributed by atoms with Gasteiger partial charge in [-0.05, 0) is 111 Å². The van der Waals surface area contributed by atoms with Crippen LogP contribution >= 0.6 is 0 Å². The molecule has 0 aromatic heterocycles. The molecule has 10 rings (SSSR count). The Morgan fingerprint density at radius 3 is 1.60 bits per heavy atom. The molecule has 0 heterocycles. The third-order valence-corrected chi connectivity index (χ3v) is 10.3. The van der Waals surface area contributed by atoms with Crippen LogP contribution in [-0.4, -0.2) is 0 Å². The van der Waals surface area contributed by atoms with Crippen LogP contribution in [0.5, 0.6) is 0 Å². The van der Waals surface area contributed by atoms with Gasteiger partial charge in [-0.1, -0.05) is 164 Å². The number of fused-ring (bicyclic) bond motifs is 8. The fourth-order valence-corrected chi connectivity index (χ4v) is 8.26. The maximum absolute atomic E-state index is 2.48. The minimum Gasteiger partial charge on any atom is -0.0622 e. The molecule has 0 saturated carbocycles. The van der Waals surface area contributed by atoms with Crippen LogP contribution in [0.15, 0.2) is 170 Å². The molecule has 0 radical (unpaired) electrons. The lowest BCUT2D eigenvalue weighted by Crippen LogP contribution is -1.92. The Morgan fingerprint density at radius 1 is 0.298 bits per heavy atom. The molecule has 1 aliphatic carbocycles. The van der Waals surface area contributed by atoms with E-state index in [1.807, 2.05) is 0 Å². The van der Waals surface area contributed by atoms with Crippen LogP contribution in [0.1, 0.15) is 11.1 Å². The first-order valence-corrected chi connectivity index (χ1v) is 16.5. The number of benzene rings is 9. The highest BCUT2D eigenvalue weighted by Gasteiger charge is 2.26. The smallest absolute Gasteiger partial charge is 0.000683 e. The molecule has 0 N–H and O–H groups in total. The van der Waals surface area contributed by atoms with Gasteiger partial charge < -0.3 is 0 Å². The molecule has 0 bridgehead atoms. The molecular weight excluding hydrogens is 565 g/mol. The van der Waals surface area contributed by atoms with E-state index >= 15 is 0 Å². The Morgan fingerprint density at radius 2 is 0.872 bits per heavy atom. The summed E-state index contributed by atoms with van der Waals surface area (Å²) in [6.45, 7) is 0. The highest BCUT2D eigenvalue weighted by molar-refractivity contribution is 6.23. The zero-order valence-electron chi connectivity index (χ0n) is 25.9. The van der Waals surface area contributed by atoms with Gasteiger partial charge in [0.15, 0.2) is 0 Å². The second-order valence-electron chi connectivity index (χ2n) is 12.8. The molecule has 47 heavy (non-hydrogen) atoms. The third-order valence-electron chi connectivity index (χ3n) is 10.3. The predicted molar refractivity (Wildman–Crippen MR) is 201 cm³/mol. The van der Waals surface area contributed by atoms with Crippen LogP contribution in [0.3, 0.4) is 0 Å². The summed E-state index contributed by atoms with van der Waals surface area (Å²) in [5.74, 6) is 0. The van der Waals surface area contributed by atoms with Crippen molar-refractivity contribution in [2.75, 3.05) is 0 Å². The zero-order chi connectivity index (χ0) is 30.9. The minimum absolute atomic E-state index is 0.928. The summed E-state index contributed by atoms with van der Waals surface area (Å²) >= 11 is 0. The third kappa shape index (κ3) is 3.95. The van der Waals surface area contributed by atoms with Crippen LogP contribution in [0.2, 0.25) is 0 Å². The van der Waals surface area contributed by atoms with Crippen LogP contribution in [0.25, 0.3) is 87.6 Å². The van der Waals surface area contributed by atoms with Crippen molar-refractivity contribution in [1.29, 1.82) is 0 Å². The molecule has 0 unspecified atom stereocenters. The fraction of sp³-hybridized carbons (Fsp3) is 0.0213. The Hall–Kier alpha value is -5.98. The van der Waals surface area contributed by atoms with E-state index in [1.165, 1.54) is 98.7 Å². The van der Waals surface area contributed by atoms with Crippen LogP contribution in [0.4, 0.5) is 0 Å². The fourth-order valence-electron chi connectivity index (χ4n) is 8.26. The molecule has 0 fully saturated rings.